The minimum absolute atomic E-state index is 0.132. The third kappa shape index (κ3) is 6.15. The Balaban J connectivity index is 1.76. The van der Waals surface area contributed by atoms with E-state index in [4.69, 9.17) is 21.1 Å². The first-order valence-electron chi connectivity index (χ1n) is 9.83. The molecule has 10 heteroatoms. The van der Waals surface area contributed by atoms with Crippen LogP contribution in [0.1, 0.15) is 12.5 Å². The molecule has 3 amide bonds. The van der Waals surface area contributed by atoms with Gasteiger partial charge in [0.15, 0.2) is 11.5 Å². The molecule has 0 spiro atoms. The number of nitrogens with one attached hydrogen (secondary N) is 1. The molecule has 0 aromatic heterocycles. The lowest BCUT2D eigenvalue weighted by Gasteiger charge is -2.14. The van der Waals surface area contributed by atoms with Crippen molar-refractivity contribution in [3.8, 4) is 11.5 Å². The summed E-state index contributed by atoms with van der Waals surface area (Å²) < 4.78 is 24.1. The van der Waals surface area contributed by atoms with E-state index < -0.39 is 29.4 Å². The molecule has 2 aromatic carbocycles. The number of halogens is 2. The topological polar surface area (TPSA) is 84.9 Å². The first kappa shape index (κ1) is 24.3. The molecule has 7 nitrogen and oxygen atoms in total. The van der Waals surface area contributed by atoms with Crippen LogP contribution in [0.4, 0.5) is 14.9 Å². The van der Waals surface area contributed by atoms with Crippen LogP contribution in [0.25, 0.3) is 6.08 Å². The van der Waals surface area contributed by atoms with E-state index in [-0.39, 0.29) is 16.5 Å². The normalized spacial score (nSPS) is 14.5. The molecule has 0 radical (unpaired) electrons. The van der Waals surface area contributed by atoms with Crippen molar-refractivity contribution in [1.82, 2.24) is 4.90 Å². The van der Waals surface area contributed by atoms with Gasteiger partial charge in [0.05, 0.1) is 16.5 Å². The van der Waals surface area contributed by atoms with Gasteiger partial charge in [0.1, 0.15) is 19.0 Å². The summed E-state index contributed by atoms with van der Waals surface area (Å²) in [5.41, 5.74) is 0.872. The molecule has 33 heavy (non-hydrogen) atoms. The lowest BCUT2D eigenvalue weighted by atomic mass is 10.1. The summed E-state index contributed by atoms with van der Waals surface area (Å²) in [5.74, 6) is -0.912. The van der Waals surface area contributed by atoms with Gasteiger partial charge in [-0.3, -0.25) is 19.3 Å². The molecule has 2 aromatic rings. The van der Waals surface area contributed by atoms with Gasteiger partial charge < -0.3 is 14.8 Å². The van der Waals surface area contributed by atoms with Crippen LogP contribution in [-0.2, 0) is 9.59 Å². The molecule has 0 aliphatic carbocycles. The molecule has 0 atom stereocenters. The van der Waals surface area contributed by atoms with Crippen molar-refractivity contribution >= 4 is 52.2 Å². The number of nitrogens with zero attached hydrogens (tertiary/aromatic N) is 1. The monoisotopic (exact) mass is 490 g/mol. The first-order chi connectivity index (χ1) is 15.8. The van der Waals surface area contributed by atoms with Crippen molar-refractivity contribution in [2.24, 2.45) is 0 Å². The number of carbonyl (C=O) groups excluding carboxylic acids is 3. The van der Waals surface area contributed by atoms with Crippen LogP contribution in [0, 0.1) is 5.82 Å². The number of benzene rings is 2. The van der Waals surface area contributed by atoms with Gasteiger partial charge in [0.2, 0.25) is 5.91 Å². The minimum Gasteiger partial charge on any atom is -0.490 e. The van der Waals surface area contributed by atoms with Gasteiger partial charge >= 0.3 is 0 Å². The van der Waals surface area contributed by atoms with Gasteiger partial charge in [0.25, 0.3) is 11.1 Å². The largest absolute Gasteiger partial charge is 0.490 e. The number of imide groups is 1. The van der Waals surface area contributed by atoms with Crippen LogP contribution in [0.15, 0.2) is 54.0 Å². The quantitative estimate of drug-likeness (QED) is 0.388. The number of amides is 3. The van der Waals surface area contributed by atoms with E-state index in [1.807, 2.05) is 0 Å². The average Bonchev–Trinajstić information content (AvgIpc) is 3.02. The molecular weight excluding hydrogens is 471 g/mol. The van der Waals surface area contributed by atoms with Gasteiger partial charge in [-0.15, -0.1) is 0 Å². The molecule has 0 unspecified atom stereocenters. The summed E-state index contributed by atoms with van der Waals surface area (Å²) in [6, 6.07) is 8.36. The van der Waals surface area contributed by atoms with Crippen LogP contribution in [0.3, 0.4) is 0 Å². The summed E-state index contributed by atoms with van der Waals surface area (Å²) >= 11 is 7.04. The van der Waals surface area contributed by atoms with E-state index in [0.29, 0.717) is 41.1 Å². The Kier molecular flexibility index (Phi) is 8.13. The fourth-order valence-corrected chi connectivity index (χ4v) is 3.99. The lowest BCUT2D eigenvalue weighted by Crippen LogP contribution is -2.36. The van der Waals surface area contributed by atoms with E-state index in [1.54, 1.807) is 25.1 Å². The van der Waals surface area contributed by atoms with Crippen molar-refractivity contribution in [2.75, 3.05) is 25.1 Å². The zero-order chi connectivity index (χ0) is 24.0. The molecule has 1 saturated heterocycles. The van der Waals surface area contributed by atoms with Crippen LogP contribution >= 0.6 is 23.4 Å². The third-order valence-corrected chi connectivity index (χ3v) is 5.47. The van der Waals surface area contributed by atoms with Crippen LogP contribution in [0.5, 0.6) is 11.5 Å². The highest BCUT2D eigenvalue weighted by atomic mass is 35.5. The molecule has 3 rings (SSSR count). The highest BCUT2D eigenvalue weighted by Gasteiger charge is 2.36. The van der Waals surface area contributed by atoms with Crippen molar-refractivity contribution < 1.29 is 28.2 Å². The fourth-order valence-electron chi connectivity index (χ4n) is 2.88. The summed E-state index contributed by atoms with van der Waals surface area (Å²) in [7, 11) is 0. The fraction of sp³-hybridized carbons (Fsp3) is 0.174. The minimum atomic E-state index is -0.611. The Morgan fingerprint density at radius 1 is 1.24 bits per heavy atom. The van der Waals surface area contributed by atoms with E-state index in [0.717, 1.165) is 4.90 Å². The third-order valence-electron chi connectivity index (χ3n) is 4.28. The number of hydrogen-bond donors (Lipinski definition) is 1. The Morgan fingerprint density at radius 3 is 2.64 bits per heavy atom. The van der Waals surface area contributed by atoms with Crippen molar-refractivity contribution in [3.05, 3.63) is 70.4 Å². The summed E-state index contributed by atoms with van der Waals surface area (Å²) in [4.78, 5) is 38.3. The van der Waals surface area contributed by atoms with E-state index in [2.05, 4.69) is 11.9 Å². The second-order valence-corrected chi connectivity index (χ2v) is 8.09. The summed E-state index contributed by atoms with van der Waals surface area (Å²) in [6.45, 7) is 5.53. The first-order valence-corrected chi connectivity index (χ1v) is 11.0. The molecule has 1 N–H and O–H groups in total. The van der Waals surface area contributed by atoms with Gasteiger partial charge in [-0.1, -0.05) is 24.3 Å². The van der Waals surface area contributed by atoms with Crippen LogP contribution in [-0.4, -0.2) is 41.7 Å². The molecule has 1 fully saturated rings. The number of anilines is 1. The van der Waals surface area contributed by atoms with Gasteiger partial charge in [-0.05, 0) is 66.7 Å². The summed E-state index contributed by atoms with van der Waals surface area (Å²) in [5, 5.41) is 2.21. The maximum absolute atomic E-state index is 13.0. The highest BCUT2D eigenvalue weighted by Crippen LogP contribution is 2.39. The Labute approximate surface area is 199 Å². The van der Waals surface area contributed by atoms with Crippen LogP contribution in [0.2, 0.25) is 5.02 Å². The second kappa shape index (κ2) is 11.0. The van der Waals surface area contributed by atoms with E-state index in [1.165, 1.54) is 30.3 Å². The highest BCUT2D eigenvalue weighted by molar-refractivity contribution is 8.18. The Hall–Kier alpha value is -3.30. The predicted molar refractivity (Wildman–Crippen MR) is 126 cm³/mol. The van der Waals surface area contributed by atoms with E-state index in [9.17, 15) is 18.8 Å². The van der Waals surface area contributed by atoms with Crippen molar-refractivity contribution in [2.45, 2.75) is 6.92 Å². The maximum Gasteiger partial charge on any atom is 0.294 e. The molecule has 0 saturated carbocycles. The van der Waals surface area contributed by atoms with Gasteiger partial charge in [-0.25, -0.2) is 4.39 Å². The van der Waals surface area contributed by atoms with Crippen molar-refractivity contribution in [1.29, 1.82) is 0 Å². The second-order valence-electron chi connectivity index (χ2n) is 6.69. The van der Waals surface area contributed by atoms with Gasteiger partial charge in [-0.2, -0.15) is 0 Å². The molecule has 172 valence electrons. The Morgan fingerprint density at radius 2 is 1.97 bits per heavy atom. The standard InChI is InChI=1S/C23H20ClFN2O5S/c1-3-9-32-21-17(24)10-14(11-18(21)31-4-2)12-19-22(29)27(23(30)33-19)13-20(28)26-16-7-5-15(25)6-8-16/h3,5-8,10-12H,1,4,9,13H2,2H3,(H,26,28)/b19-12-. The molecule has 1 aliphatic heterocycles. The van der Waals surface area contributed by atoms with Crippen molar-refractivity contribution in [3.63, 3.8) is 0 Å². The SMILES string of the molecule is C=CCOc1c(Cl)cc(/C=C2\SC(=O)N(CC(=O)Nc3ccc(F)cc3)C2=O)cc1OCC. The number of hydrogen-bond acceptors (Lipinski definition) is 6. The van der Waals surface area contributed by atoms with Crippen LogP contribution < -0.4 is 14.8 Å². The average molecular weight is 491 g/mol. The predicted octanol–water partition coefficient (Wildman–Crippen LogP) is 5.12. The number of rotatable bonds is 9. The lowest BCUT2D eigenvalue weighted by molar-refractivity contribution is -0.127. The van der Waals surface area contributed by atoms with E-state index >= 15 is 0 Å². The summed E-state index contributed by atoms with van der Waals surface area (Å²) in [6.07, 6.45) is 3.07. The smallest absolute Gasteiger partial charge is 0.294 e. The maximum atomic E-state index is 13.0. The zero-order valence-electron chi connectivity index (χ0n) is 17.6. The molecular formula is C23H20ClFN2O5S. The zero-order valence-corrected chi connectivity index (χ0v) is 19.2. The molecule has 1 aliphatic rings. The Bertz CT molecular complexity index is 1120. The van der Waals surface area contributed by atoms with Gasteiger partial charge in [0, 0.05) is 5.69 Å². The number of thioether (sulfide) groups is 1. The molecule has 0 bridgehead atoms. The molecule has 1 heterocycles. The number of carbonyl (C=O) groups is 3. The number of ether oxygens (including phenoxy) is 2.